The van der Waals surface area contributed by atoms with Crippen molar-refractivity contribution in [1.29, 1.82) is 0 Å². The van der Waals surface area contributed by atoms with Crippen molar-refractivity contribution in [2.24, 2.45) is 5.73 Å². The molecule has 1 aliphatic rings. The van der Waals surface area contributed by atoms with Gasteiger partial charge in [0.25, 0.3) is 0 Å². The number of anilines is 1. The van der Waals surface area contributed by atoms with E-state index in [1.54, 1.807) is 12.1 Å². The average molecular weight is 224 g/mol. The molecule has 88 valence electrons. The predicted molar refractivity (Wildman–Crippen MR) is 62.4 cm³/mol. The highest BCUT2D eigenvalue weighted by molar-refractivity contribution is 5.50. The van der Waals surface area contributed by atoms with Gasteiger partial charge in [0.15, 0.2) is 0 Å². The van der Waals surface area contributed by atoms with E-state index in [-0.39, 0.29) is 5.75 Å². The fourth-order valence-corrected chi connectivity index (χ4v) is 2.03. The number of nitrogens with zero attached hydrogens (tertiary/aromatic N) is 1. The fourth-order valence-electron chi connectivity index (χ4n) is 2.03. The van der Waals surface area contributed by atoms with E-state index < -0.39 is 12.2 Å². The maximum absolute atomic E-state index is 12.7. The Labute approximate surface area is 94.7 Å². The standard InChI is InChI=1S/C12H17FN2O/c13-9-12(14)4-6-15(7-5-12)10-2-1-3-11(16)8-10/h1-3,8,16H,4-7,9,14H2. The Morgan fingerprint density at radius 3 is 2.62 bits per heavy atom. The summed E-state index contributed by atoms with van der Waals surface area (Å²) < 4.78 is 12.7. The summed E-state index contributed by atoms with van der Waals surface area (Å²) in [5, 5.41) is 9.38. The summed E-state index contributed by atoms with van der Waals surface area (Å²) in [6.07, 6.45) is 1.30. The maximum atomic E-state index is 12.7. The van der Waals surface area contributed by atoms with Crippen LogP contribution in [0.5, 0.6) is 5.75 Å². The summed E-state index contributed by atoms with van der Waals surface area (Å²) in [6.45, 7) is 1.02. The summed E-state index contributed by atoms with van der Waals surface area (Å²) in [4.78, 5) is 2.13. The summed E-state index contributed by atoms with van der Waals surface area (Å²) >= 11 is 0. The van der Waals surface area contributed by atoms with Gasteiger partial charge in [-0.1, -0.05) is 6.07 Å². The van der Waals surface area contributed by atoms with Crippen LogP contribution in [0.2, 0.25) is 0 Å². The van der Waals surface area contributed by atoms with Crippen LogP contribution < -0.4 is 10.6 Å². The molecule has 16 heavy (non-hydrogen) atoms. The maximum Gasteiger partial charge on any atom is 0.117 e. The number of alkyl halides is 1. The number of aromatic hydroxyl groups is 1. The number of halogens is 1. The molecule has 0 aliphatic carbocycles. The van der Waals surface area contributed by atoms with Crippen LogP contribution in [0, 0.1) is 0 Å². The lowest BCUT2D eigenvalue weighted by Gasteiger charge is -2.38. The lowest BCUT2D eigenvalue weighted by Crippen LogP contribution is -2.52. The largest absolute Gasteiger partial charge is 0.508 e. The van der Waals surface area contributed by atoms with Crippen LogP contribution in [0.15, 0.2) is 24.3 Å². The number of hydrogen-bond donors (Lipinski definition) is 2. The highest BCUT2D eigenvalue weighted by atomic mass is 19.1. The molecule has 4 heteroatoms. The first-order valence-electron chi connectivity index (χ1n) is 5.52. The van der Waals surface area contributed by atoms with E-state index in [0.29, 0.717) is 12.8 Å². The first kappa shape index (κ1) is 11.2. The third-order valence-electron chi connectivity index (χ3n) is 3.22. The molecule has 1 aliphatic heterocycles. The van der Waals surface area contributed by atoms with E-state index in [0.717, 1.165) is 18.8 Å². The summed E-state index contributed by atoms with van der Waals surface area (Å²) in [5.74, 6) is 0.257. The fraction of sp³-hybridized carbons (Fsp3) is 0.500. The Kier molecular flexibility index (Phi) is 3.01. The van der Waals surface area contributed by atoms with E-state index in [2.05, 4.69) is 4.90 Å². The van der Waals surface area contributed by atoms with Crippen molar-refractivity contribution in [3.05, 3.63) is 24.3 Å². The van der Waals surface area contributed by atoms with Gasteiger partial charge in [0.2, 0.25) is 0 Å². The van der Waals surface area contributed by atoms with Gasteiger partial charge < -0.3 is 15.7 Å². The van der Waals surface area contributed by atoms with Gasteiger partial charge >= 0.3 is 0 Å². The minimum Gasteiger partial charge on any atom is -0.508 e. The topological polar surface area (TPSA) is 49.5 Å². The van der Waals surface area contributed by atoms with Crippen LogP contribution in [-0.2, 0) is 0 Å². The molecule has 0 spiro atoms. The second-order valence-electron chi connectivity index (χ2n) is 4.50. The van der Waals surface area contributed by atoms with E-state index in [1.807, 2.05) is 12.1 Å². The van der Waals surface area contributed by atoms with Crippen LogP contribution in [0.1, 0.15) is 12.8 Å². The molecule has 0 radical (unpaired) electrons. The van der Waals surface area contributed by atoms with Gasteiger partial charge in [0.05, 0.1) is 0 Å². The minimum atomic E-state index is -0.646. The molecule has 0 unspecified atom stereocenters. The van der Waals surface area contributed by atoms with Crippen LogP contribution in [0.25, 0.3) is 0 Å². The molecule has 1 fully saturated rings. The molecule has 1 saturated heterocycles. The molecule has 3 nitrogen and oxygen atoms in total. The lowest BCUT2D eigenvalue weighted by molar-refractivity contribution is 0.255. The number of hydrogen-bond acceptors (Lipinski definition) is 3. The molecular weight excluding hydrogens is 207 g/mol. The van der Waals surface area contributed by atoms with Crippen LogP contribution in [-0.4, -0.2) is 30.4 Å². The number of benzene rings is 1. The molecule has 0 saturated carbocycles. The van der Waals surface area contributed by atoms with Gasteiger partial charge in [-0.15, -0.1) is 0 Å². The zero-order valence-electron chi connectivity index (χ0n) is 9.19. The van der Waals surface area contributed by atoms with Crippen LogP contribution in [0.3, 0.4) is 0 Å². The summed E-state index contributed by atoms with van der Waals surface area (Å²) in [6, 6.07) is 7.12. The highest BCUT2D eigenvalue weighted by Gasteiger charge is 2.30. The molecule has 0 amide bonds. The van der Waals surface area contributed by atoms with Crippen molar-refractivity contribution >= 4 is 5.69 Å². The minimum absolute atomic E-state index is 0.257. The number of rotatable bonds is 2. The van der Waals surface area contributed by atoms with Gasteiger partial charge in [-0.25, -0.2) is 4.39 Å². The van der Waals surface area contributed by atoms with Crippen molar-refractivity contribution in [3.8, 4) is 5.75 Å². The van der Waals surface area contributed by atoms with Gasteiger partial charge in [0.1, 0.15) is 12.4 Å². The van der Waals surface area contributed by atoms with Crippen LogP contribution >= 0.6 is 0 Å². The normalized spacial score (nSPS) is 19.8. The number of piperidine rings is 1. The van der Waals surface area contributed by atoms with E-state index >= 15 is 0 Å². The Hall–Kier alpha value is -1.29. The monoisotopic (exact) mass is 224 g/mol. The Morgan fingerprint density at radius 2 is 2.06 bits per heavy atom. The summed E-state index contributed by atoms with van der Waals surface area (Å²) in [5.41, 5.74) is 6.21. The quantitative estimate of drug-likeness (QED) is 0.803. The van der Waals surface area contributed by atoms with Crippen molar-refractivity contribution in [2.45, 2.75) is 18.4 Å². The molecule has 3 N–H and O–H groups in total. The van der Waals surface area contributed by atoms with E-state index in [4.69, 9.17) is 5.73 Å². The van der Waals surface area contributed by atoms with Crippen molar-refractivity contribution < 1.29 is 9.50 Å². The lowest BCUT2D eigenvalue weighted by atomic mass is 9.90. The Balaban J connectivity index is 2.04. The van der Waals surface area contributed by atoms with Gasteiger partial charge in [0, 0.05) is 30.4 Å². The predicted octanol–water partition coefficient (Wildman–Crippen LogP) is 1.66. The second-order valence-corrected chi connectivity index (χ2v) is 4.50. The third kappa shape index (κ3) is 2.27. The number of nitrogens with two attached hydrogens (primary N) is 1. The molecule has 0 atom stereocenters. The van der Waals surface area contributed by atoms with Crippen molar-refractivity contribution in [1.82, 2.24) is 0 Å². The molecule has 1 aromatic rings. The third-order valence-corrected chi connectivity index (χ3v) is 3.22. The molecule has 0 aromatic heterocycles. The molecule has 2 rings (SSSR count). The molecule has 1 heterocycles. The molecule has 0 bridgehead atoms. The Bertz CT molecular complexity index is 362. The van der Waals surface area contributed by atoms with Crippen LogP contribution in [0.4, 0.5) is 10.1 Å². The van der Waals surface area contributed by atoms with Gasteiger partial charge in [-0.3, -0.25) is 0 Å². The van der Waals surface area contributed by atoms with Gasteiger partial charge in [-0.2, -0.15) is 0 Å². The molecular formula is C12H17FN2O. The number of phenolic OH excluding ortho intramolecular Hbond substituents is 1. The second kappa shape index (κ2) is 4.29. The smallest absolute Gasteiger partial charge is 0.117 e. The zero-order valence-corrected chi connectivity index (χ0v) is 9.19. The average Bonchev–Trinajstić information content (AvgIpc) is 2.30. The highest BCUT2D eigenvalue weighted by Crippen LogP contribution is 2.26. The number of phenols is 1. The van der Waals surface area contributed by atoms with Crippen molar-refractivity contribution in [2.75, 3.05) is 24.7 Å². The first-order chi connectivity index (χ1) is 7.63. The molecule has 1 aromatic carbocycles. The van der Waals surface area contributed by atoms with Crippen molar-refractivity contribution in [3.63, 3.8) is 0 Å². The van der Waals surface area contributed by atoms with E-state index in [9.17, 15) is 9.50 Å². The summed E-state index contributed by atoms with van der Waals surface area (Å²) in [7, 11) is 0. The van der Waals surface area contributed by atoms with E-state index in [1.165, 1.54) is 0 Å². The first-order valence-corrected chi connectivity index (χ1v) is 5.52. The SMILES string of the molecule is NC1(CF)CCN(c2cccc(O)c2)CC1. The zero-order chi connectivity index (χ0) is 11.6. The van der Waals surface area contributed by atoms with Gasteiger partial charge in [-0.05, 0) is 25.0 Å². The Morgan fingerprint density at radius 1 is 1.38 bits per heavy atom.